The molecule has 0 aromatic heterocycles. The second-order valence-electron chi connectivity index (χ2n) is 7.30. The molecule has 2 aromatic carbocycles. The lowest BCUT2D eigenvalue weighted by Gasteiger charge is -2.23. The third kappa shape index (κ3) is 4.07. The van der Waals surface area contributed by atoms with Crippen LogP contribution >= 0.6 is 0 Å². The Hall–Kier alpha value is -2.73. The Morgan fingerprint density at radius 2 is 1.82 bits per heavy atom. The van der Waals surface area contributed by atoms with Gasteiger partial charge in [-0.1, -0.05) is 24.3 Å². The fourth-order valence-electron chi connectivity index (χ4n) is 3.63. The van der Waals surface area contributed by atoms with Crippen molar-refractivity contribution < 1.29 is 23.8 Å². The first-order chi connectivity index (χ1) is 13.3. The summed E-state index contributed by atoms with van der Waals surface area (Å²) in [5.41, 5.74) is 3.78. The third-order valence-electron chi connectivity index (χ3n) is 5.42. The molecular weight excluding hydrogens is 361 g/mol. The number of nitrogens with zero attached hydrogens (tertiary/aromatic N) is 1. The van der Waals surface area contributed by atoms with Gasteiger partial charge in [0.25, 0.3) is 5.91 Å². The zero-order chi connectivity index (χ0) is 20.4. The average Bonchev–Trinajstić information content (AvgIpc) is 3.05. The number of benzene rings is 2. The molecule has 0 aliphatic carbocycles. The first kappa shape index (κ1) is 20.0. The van der Waals surface area contributed by atoms with Gasteiger partial charge in [-0.05, 0) is 54.7 Å². The maximum absolute atomic E-state index is 14.8. The fourth-order valence-corrected chi connectivity index (χ4v) is 3.63. The van der Waals surface area contributed by atoms with Crippen molar-refractivity contribution in [2.24, 2.45) is 0 Å². The molecule has 0 saturated carbocycles. The summed E-state index contributed by atoms with van der Waals surface area (Å²) in [6, 6.07) is 9.93. The van der Waals surface area contributed by atoms with Gasteiger partial charge in [0.2, 0.25) is 0 Å². The van der Waals surface area contributed by atoms with Gasteiger partial charge in [-0.2, -0.15) is 0 Å². The molecule has 0 radical (unpaired) electrons. The molecule has 0 spiro atoms. The number of carbonyl (C=O) groups excluding carboxylic acids is 1. The van der Waals surface area contributed by atoms with Crippen LogP contribution < -0.4 is 0 Å². The fraction of sp³-hybridized carbons (Fsp3) is 0.364. The van der Waals surface area contributed by atoms with E-state index >= 15 is 0 Å². The SMILES string of the molecule is COC1CC(CC(=O)O)N(C(=O)c2ccc(-c3ccc(C)c(C)c3)cc2F)C1. The van der Waals surface area contributed by atoms with Crippen LogP contribution in [0.5, 0.6) is 0 Å². The minimum absolute atomic E-state index is 0.0558. The maximum Gasteiger partial charge on any atom is 0.305 e. The molecule has 1 aliphatic heterocycles. The molecule has 3 rings (SSSR count). The van der Waals surface area contributed by atoms with Crippen molar-refractivity contribution in [2.45, 2.75) is 38.8 Å². The van der Waals surface area contributed by atoms with Gasteiger partial charge in [-0.25, -0.2) is 4.39 Å². The van der Waals surface area contributed by atoms with Crippen LogP contribution in [-0.2, 0) is 9.53 Å². The highest BCUT2D eigenvalue weighted by Gasteiger charge is 2.37. The van der Waals surface area contributed by atoms with Crippen LogP contribution in [0, 0.1) is 19.7 Å². The summed E-state index contributed by atoms with van der Waals surface area (Å²) in [6.07, 6.45) is -0.00338. The molecule has 28 heavy (non-hydrogen) atoms. The van der Waals surface area contributed by atoms with Crippen LogP contribution in [-0.4, -0.2) is 47.7 Å². The molecule has 0 bridgehead atoms. The van der Waals surface area contributed by atoms with Gasteiger partial charge < -0.3 is 14.7 Å². The number of rotatable bonds is 5. The highest BCUT2D eigenvalue weighted by Crippen LogP contribution is 2.28. The van der Waals surface area contributed by atoms with E-state index in [4.69, 9.17) is 9.84 Å². The number of aliphatic carboxylic acids is 1. The number of carboxylic acid groups (broad SMARTS) is 1. The van der Waals surface area contributed by atoms with Crippen LogP contribution in [0.1, 0.15) is 34.3 Å². The van der Waals surface area contributed by atoms with Crippen LogP contribution in [0.2, 0.25) is 0 Å². The number of hydrogen-bond donors (Lipinski definition) is 1. The lowest BCUT2D eigenvalue weighted by Crippen LogP contribution is -2.37. The molecule has 1 N–H and O–H groups in total. The van der Waals surface area contributed by atoms with Crippen molar-refractivity contribution >= 4 is 11.9 Å². The minimum atomic E-state index is -0.995. The van der Waals surface area contributed by atoms with Crippen LogP contribution in [0.25, 0.3) is 11.1 Å². The second-order valence-corrected chi connectivity index (χ2v) is 7.30. The lowest BCUT2D eigenvalue weighted by atomic mass is 9.99. The van der Waals surface area contributed by atoms with E-state index in [1.807, 2.05) is 32.0 Å². The molecule has 1 heterocycles. The van der Waals surface area contributed by atoms with Gasteiger partial charge >= 0.3 is 5.97 Å². The smallest absolute Gasteiger partial charge is 0.305 e. The van der Waals surface area contributed by atoms with E-state index in [0.717, 1.165) is 16.7 Å². The number of carboxylic acids is 1. The summed E-state index contributed by atoms with van der Waals surface area (Å²) in [7, 11) is 1.52. The van der Waals surface area contributed by atoms with Crippen molar-refractivity contribution in [3.8, 4) is 11.1 Å². The van der Waals surface area contributed by atoms with Gasteiger partial charge in [0.1, 0.15) is 5.82 Å². The quantitative estimate of drug-likeness (QED) is 0.850. The number of carbonyl (C=O) groups is 2. The van der Waals surface area contributed by atoms with Crippen molar-refractivity contribution in [3.05, 3.63) is 58.9 Å². The number of hydrogen-bond acceptors (Lipinski definition) is 3. The molecular formula is C22H24FNO4. The second kappa shape index (κ2) is 8.10. The average molecular weight is 385 g/mol. The summed E-state index contributed by atoms with van der Waals surface area (Å²) in [4.78, 5) is 25.4. The Bertz CT molecular complexity index is 911. The molecule has 1 amide bonds. The summed E-state index contributed by atoms with van der Waals surface area (Å²) in [5.74, 6) is -2.12. The van der Waals surface area contributed by atoms with Gasteiger partial charge in [0.05, 0.1) is 18.1 Å². The first-order valence-electron chi connectivity index (χ1n) is 9.23. The zero-order valence-corrected chi connectivity index (χ0v) is 16.2. The Balaban J connectivity index is 1.87. The van der Waals surface area contributed by atoms with Crippen molar-refractivity contribution in [1.82, 2.24) is 4.90 Å². The number of aryl methyl sites for hydroxylation is 2. The highest BCUT2D eigenvalue weighted by molar-refractivity contribution is 5.95. The Kier molecular flexibility index (Phi) is 5.79. The van der Waals surface area contributed by atoms with Crippen LogP contribution in [0.3, 0.4) is 0 Å². The number of likely N-dealkylation sites (tertiary alicyclic amines) is 1. The van der Waals surface area contributed by atoms with E-state index in [0.29, 0.717) is 12.0 Å². The molecule has 2 atom stereocenters. The summed E-state index contributed by atoms with van der Waals surface area (Å²) >= 11 is 0. The topological polar surface area (TPSA) is 66.8 Å². The molecule has 1 saturated heterocycles. The Morgan fingerprint density at radius 3 is 2.43 bits per heavy atom. The van der Waals surface area contributed by atoms with Gasteiger partial charge in [-0.15, -0.1) is 0 Å². The number of amides is 1. The van der Waals surface area contributed by atoms with E-state index < -0.39 is 23.7 Å². The van der Waals surface area contributed by atoms with E-state index in [1.54, 1.807) is 6.07 Å². The maximum atomic E-state index is 14.8. The lowest BCUT2D eigenvalue weighted by molar-refractivity contribution is -0.137. The minimum Gasteiger partial charge on any atom is -0.481 e. The standard InChI is InChI=1S/C22H24FNO4/c1-13-4-5-15(8-14(13)2)16-6-7-19(20(23)9-16)22(27)24-12-18(28-3)10-17(24)11-21(25)26/h4-9,17-18H,10-12H2,1-3H3,(H,25,26). The number of methoxy groups -OCH3 is 1. The van der Waals surface area contributed by atoms with Gasteiger partial charge in [-0.3, -0.25) is 9.59 Å². The summed E-state index contributed by atoms with van der Waals surface area (Å²) in [5, 5.41) is 9.11. The van der Waals surface area contributed by atoms with Gasteiger partial charge in [0.15, 0.2) is 0 Å². The molecule has 148 valence electrons. The largest absolute Gasteiger partial charge is 0.481 e. The summed E-state index contributed by atoms with van der Waals surface area (Å²) in [6.45, 7) is 4.26. The molecule has 6 heteroatoms. The summed E-state index contributed by atoms with van der Waals surface area (Å²) < 4.78 is 20.1. The van der Waals surface area contributed by atoms with E-state index in [9.17, 15) is 14.0 Å². The first-order valence-corrected chi connectivity index (χ1v) is 9.23. The third-order valence-corrected chi connectivity index (χ3v) is 5.42. The zero-order valence-electron chi connectivity index (χ0n) is 16.2. The monoisotopic (exact) mass is 385 g/mol. The predicted octanol–water partition coefficient (Wildman–Crippen LogP) is 3.81. The van der Waals surface area contributed by atoms with Crippen molar-refractivity contribution in [2.75, 3.05) is 13.7 Å². The molecule has 1 aliphatic rings. The highest BCUT2D eigenvalue weighted by atomic mass is 19.1. The van der Waals surface area contributed by atoms with E-state index in [-0.39, 0.29) is 24.6 Å². The predicted molar refractivity (Wildman–Crippen MR) is 104 cm³/mol. The normalized spacial score (nSPS) is 19.1. The van der Waals surface area contributed by atoms with Crippen molar-refractivity contribution in [1.29, 1.82) is 0 Å². The number of halogens is 1. The molecule has 5 nitrogen and oxygen atoms in total. The Labute approximate surface area is 163 Å². The van der Waals surface area contributed by atoms with E-state index in [1.165, 1.54) is 24.1 Å². The molecule has 1 fully saturated rings. The molecule has 2 aromatic rings. The van der Waals surface area contributed by atoms with E-state index in [2.05, 4.69) is 0 Å². The number of ether oxygens (including phenoxy) is 1. The molecule has 2 unspecified atom stereocenters. The van der Waals surface area contributed by atoms with Gasteiger partial charge in [0, 0.05) is 19.7 Å². The van der Waals surface area contributed by atoms with Crippen LogP contribution in [0.4, 0.5) is 4.39 Å². The van der Waals surface area contributed by atoms with Crippen LogP contribution in [0.15, 0.2) is 36.4 Å². The van der Waals surface area contributed by atoms with Crippen molar-refractivity contribution in [3.63, 3.8) is 0 Å². The Morgan fingerprint density at radius 1 is 1.14 bits per heavy atom.